The molecule has 0 aliphatic carbocycles. The van der Waals surface area contributed by atoms with Gasteiger partial charge in [0.15, 0.2) is 0 Å². The molecule has 25 heavy (non-hydrogen) atoms. The maximum Gasteiger partial charge on any atom is 0.323 e. The predicted octanol–water partition coefficient (Wildman–Crippen LogP) is 5.12. The second kappa shape index (κ2) is 7.38. The third-order valence-electron chi connectivity index (χ3n) is 4.96. The summed E-state index contributed by atoms with van der Waals surface area (Å²) in [4.78, 5) is 15.0. The van der Waals surface area contributed by atoms with Gasteiger partial charge >= 0.3 is 6.03 Å². The molecule has 2 heterocycles. The van der Waals surface area contributed by atoms with Crippen molar-refractivity contribution in [3.05, 3.63) is 11.8 Å². The molecule has 1 aromatic rings. The molecule has 1 fully saturated rings. The summed E-state index contributed by atoms with van der Waals surface area (Å²) in [7, 11) is 0. The maximum absolute atomic E-state index is 13.0. The van der Waals surface area contributed by atoms with Crippen molar-refractivity contribution in [1.82, 2.24) is 14.7 Å². The van der Waals surface area contributed by atoms with E-state index in [2.05, 4.69) is 53.8 Å². The van der Waals surface area contributed by atoms with Gasteiger partial charge in [-0.25, -0.2) is 9.48 Å². The van der Waals surface area contributed by atoms with Crippen LogP contribution in [0.5, 0.6) is 0 Å². The first-order valence-corrected chi connectivity index (χ1v) is 9.72. The number of carbonyl (C=O) groups is 1. The highest BCUT2D eigenvalue weighted by Gasteiger charge is 2.28. The zero-order valence-corrected chi connectivity index (χ0v) is 17.1. The van der Waals surface area contributed by atoms with Crippen molar-refractivity contribution >= 4 is 11.8 Å². The van der Waals surface area contributed by atoms with E-state index in [0.29, 0.717) is 6.04 Å². The molecule has 1 aliphatic heterocycles. The molecule has 5 nitrogen and oxygen atoms in total. The Morgan fingerprint density at radius 1 is 1.20 bits per heavy atom. The molecule has 1 saturated heterocycles. The zero-order chi connectivity index (χ0) is 18.8. The maximum atomic E-state index is 13.0. The fourth-order valence-corrected chi connectivity index (χ4v) is 3.40. The number of carbonyl (C=O) groups excluding carboxylic acids is 1. The first kappa shape index (κ1) is 19.8. The van der Waals surface area contributed by atoms with Crippen molar-refractivity contribution in [3.8, 4) is 0 Å². The second-order valence-electron chi connectivity index (χ2n) is 9.28. The number of likely N-dealkylation sites (tertiary alicyclic amines) is 1. The van der Waals surface area contributed by atoms with Gasteiger partial charge < -0.3 is 4.90 Å². The van der Waals surface area contributed by atoms with E-state index in [1.54, 1.807) is 0 Å². The van der Waals surface area contributed by atoms with Crippen molar-refractivity contribution in [3.63, 3.8) is 0 Å². The number of aromatic nitrogens is 2. The smallest absolute Gasteiger partial charge is 0.322 e. The molecule has 0 aromatic carbocycles. The van der Waals surface area contributed by atoms with Gasteiger partial charge in [-0.1, -0.05) is 40.5 Å². The number of urea groups is 1. The molecular formula is C20H36N4O. The minimum Gasteiger partial charge on any atom is -0.322 e. The summed E-state index contributed by atoms with van der Waals surface area (Å²) in [6.07, 6.45) is 5.65. The van der Waals surface area contributed by atoms with Crippen molar-refractivity contribution < 1.29 is 4.79 Å². The normalized spacial score (nSPS) is 19.6. The van der Waals surface area contributed by atoms with Crippen LogP contribution in [0.15, 0.2) is 6.07 Å². The Morgan fingerprint density at radius 3 is 2.44 bits per heavy atom. The van der Waals surface area contributed by atoms with Crippen LogP contribution in [0.4, 0.5) is 10.6 Å². The fraction of sp³-hybridized carbons (Fsp3) is 0.800. The van der Waals surface area contributed by atoms with Crippen LogP contribution >= 0.6 is 0 Å². The number of anilines is 1. The molecule has 0 spiro atoms. The molecule has 1 aliphatic rings. The lowest BCUT2D eigenvalue weighted by molar-refractivity contribution is 0.186. The van der Waals surface area contributed by atoms with E-state index < -0.39 is 0 Å². The minimum absolute atomic E-state index is 0.0135. The first-order valence-electron chi connectivity index (χ1n) is 9.72. The average Bonchev–Trinajstić information content (AvgIpc) is 2.78. The van der Waals surface area contributed by atoms with E-state index in [0.717, 1.165) is 37.3 Å². The Balaban J connectivity index is 2.28. The number of nitrogens with zero attached hydrogens (tertiary/aromatic N) is 3. The highest BCUT2D eigenvalue weighted by Crippen LogP contribution is 2.29. The number of nitrogens with one attached hydrogen (secondary N) is 1. The zero-order valence-electron chi connectivity index (χ0n) is 17.1. The average molecular weight is 349 g/mol. The monoisotopic (exact) mass is 348 g/mol. The largest absolute Gasteiger partial charge is 0.323 e. The summed E-state index contributed by atoms with van der Waals surface area (Å²) in [6, 6.07) is 2.39. The Hall–Kier alpha value is -1.52. The van der Waals surface area contributed by atoms with Gasteiger partial charge in [0.25, 0.3) is 0 Å². The molecule has 142 valence electrons. The Bertz CT molecular complexity index is 592. The molecule has 0 radical (unpaired) electrons. The van der Waals surface area contributed by atoms with Crippen LogP contribution in [0.3, 0.4) is 0 Å². The van der Waals surface area contributed by atoms with Crippen molar-refractivity contribution in [2.45, 2.75) is 97.6 Å². The van der Waals surface area contributed by atoms with Crippen molar-refractivity contribution in [1.29, 1.82) is 0 Å². The molecular weight excluding hydrogens is 312 g/mol. The van der Waals surface area contributed by atoms with Crippen LogP contribution in [0, 0.1) is 0 Å². The van der Waals surface area contributed by atoms with Gasteiger partial charge in [0.1, 0.15) is 5.82 Å². The first-order chi connectivity index (χ1) is 11.5. The van der Waals surface area contributed by atoms with E-state index in [-0.39, 0.29) is 17.0 Å². The predicted molar refractivity (Wildman–Crippen MR) is 104 cm³/mol. The van der Waals surface area contributed by atoms with Gasteiger partial charge in [-0.2, -0.15) is 5.10 Å². The molecule has 0 bridgehead atoms. The SMILES string of the molecule is CC[C@@H]1CCCCCN1C(=O)Nc1cc(C(C)(C)C)nn1C(C)(C)C. The highest BCUT2D eigenvalue weighted by molar-refractivity contribution is 5.88. The molecule has 0 saturated carbocycles. The summed E-state index contributed by atoms with van der Waals surface area (Å²) in [5, 5.41) is 7.95. The van der Waals surface area contributed by atoms with E-state index >= 15 is 0 Å². The Labute approximate surface area is 153 Å². The van der Waals surface area contributed by atoms with Gasteiger partial charge in [0, 0.05) is 24.1 Å². The lowest BCUT2D eigenvalue weighted by Crippen LogP contribution is -2.43. The van der Waals surface area contributed by atoms with Crippen LogP contribution in [-0.4, -0.2) is 33.3 Å². The Kier molecular flexibility index (Phi) is 5.85. The van der Waals surface area contributed by atoms with Crippen molar-refractivity contribution in [2.75, 3.05) is 11.9 Å². The van der Waals surface area contributed by atoms with Gasteiger partial charge in [0.05, 0.1) is 11.2 Å². The van der Waals surface area contributed by atoms with Crippen molar-refractivity contribution in [2.24, 2.45) is 0 Å². The molecule has 5 heteroatoms. The van der Waals surface area contributed by atoms with Crippen LogP contribution in [0.25, 0.3) is 0 Å². The molecule has 2 amide bonds. The van der Waals surface area contributed by atoms with Gasteiger partial charge in [0.2, 0.25) is 0 Å². The molecule has 1 aromatic heterocycles. The van der Waals surface area contributed by atoms with Crippen LogP contribution in [-0.2, 0) is 11.0 Å². The number of hydrogen-bond acceptors (Lipinski definition) is 2. The van der Waals surface area contributed by atoms with Crippen LogP contribution in [0.2, 0.25) is 0 Å². The third-order valence-corrected chi connectivity index (χ3v) is 4.96. The van der Waals surface area contributed by atoms with Crippen LogP contribution < -0.4 is 5.32 Å². The fourth-order valence-electron chi connectivity index (χ4n) is 3.40. The van der Waals surface area contributed by atoms with Gasteiger partial charge in [-0.15, -0.1) is 0 Å². The lowest BCUT2D eigenvalue weighted by Gasteiger charge is -2.30. The van der Waals surface area contributed by atoms with E-state index in [4.69, 9.17) is 5.10 Å². The Morgan fingerprint density at radius 2 is 1.88 bits per heavy atom. The number of hydrogen-bond donors (Lipinski definition) is 1. The second-order valence-corrected chi connectivity index (χ2v) is 9.28. The van der Waals surface area contributed by atoms with E-state index in [9.17, 15) is 4.79 Å². The van der Waals surface area contributed by atoms with Gasteiger partial charge in [-0.05, 0) is 40.0 Å². The lowest BCUT2D eigenvalue weighted by atomic mass is 9.92. The molecule has 0 unspecified atom stereocenters. The van der Waals surface area contributed by atoms with Crippen LogP contribution in [0.1, 0.15) is 86.3 Å². The summed E-state index contributed by atoms with van der Waals surface area (Å²) >= 11 is 0. The quantitative estimate of drug-likeness (QED) is 0.806. The van der Waals surface area contributed by atoms with E-state index in [1.165, 1.54) is 12.8 Å². The summed E-state index contributed by atoms with van der Waals surface area (Å²) in [5.74, 6) is 0.793. The standard InChI is InChI=1S/C20H36N4O/c1-8-15-12-10-9-11-13-23(15)18(25)21-17-14-16(19(2,3)4)22-24(17)20(5,6)7/h14-15H,8-13H2,1-7H3,(H,21,25)/t15-/m1/s1. The summed E-state index contributed by atoms with van der Waals surface area (Å²) < 4.78 is 1.95. The highest BCUT2D eigenvalue weighted by atomic mass is 16.2. The number of amides is 2. The topological polar surface area (TPSA) is 50.2 Å². The third kappa shape index (κ3) is 4.77. The van der Waals surface area contributed by atoms with Gasteiger partial charge in [-0.3, -0.25) is 5.32 Å². The minimum atomic E-state index is -0.185. The number of rotatable bonds is 2. The summed E-state index contributed by atoms with van der Waals surface area (Å²) in [6.45, 7) is 15.8. The summed E-state index contributed by atoms with van der Waals surface area (Å²) in [5.41, 5.74) is 0.764. The molecule has 2 rings (SSSR count). The molecule has 1 N–H and O–H groups in total. The molecule has 1 atom stereocenters. The van der Waals surface area contributed by atoms with E-state index in [1.807, 2.05) is 15.6 Å².